The van der Waals surface area contributed by atoms with Crippen molar-refractivity contribution in [1.29, 1.82) is 0 Å². The van der Waals surface area contributed by atoms with E-state index in [0.717, 1.165) is 23.1 Å². The zero-order valence-corrected chi connectivity index (χ0v) is 12.7. The molecule has 0 saturated carbocycles. The summed E-state index contributed by atoms with van der Waals surface area (Å²) in [5, 5.41) is 0.909. The number of hydrogen-bond donors (Lipinski definition) is 1. The number of rotatable bonds is 3. The molecule has 3 aromatic rings. The molecule has 0 bridgehead atoms. The molecule has 3 nitrogen and oxygen atoms in total. The van der Waals surface area contributed by atoms with Crippen molar-refractivity contribution in [3.8, 4) is 11.1 Å². The lowest BCUT2D eigenvalue weighted by atomic mass is 9.96. The van der Waals surface area contributed by atoms with Gasteiger partial charge in [-0.25, -0.2) is 9.37 Å². The van der Waals surface area contributed by atoms with Gasteiger partial charge in [0.25, 0.3) is 0 Å². The van der Waals surface area contributed by atoms with Gasteiger partial charge in [-0.1, -0.05) is 19.9 Å². The topological polar surface area (TPSA) is 51.8 Å². The van der Waals surface area contributed by atoms with Gasteiger partial charge in [-0.05, 0) is 42.7 Å². The fourth-order valence-electron chi connectivity index (χ4n) is 2.66. The van der Waals surface area contributed by atoms with E-state index in [0.29, 0.717) is 22.8 Å². The minimum atomic E-state index is -0.289. The molecule has 0 amide bonds. The molecular weight excluding hydrogens is 277 g/mol. The van der Waals surface area contributed by atoms with E-state index in [-0.39, 0.29) is 5.82 Å². The molecule has 0 aliphatic rings. The summed E-state index contributed by atoms with van der Waals surface area (Å²) in [7, 11) is 0. The molecule has 22 heavy (non-hydrogen) atoms. The number of hydrogen-bond acceptors (Lipinski definition) is 3. The summed E-state index contributed by atoms with van der Waals surface area (Å²) >= 11 is 0. The maximum Gasteiger partial charge on any atom is 0.133 e. The molecule has 0 radical (unpaired) electrons. The first-order valence-electron chi connectivity index (χ1n) is 7.35. The number of pyridine rings is 2. The lowest BCUT2D eigenvalue weighted by Crippen LogP contribution is -2.04. The first-order valence-corrected chi connectivity index (χ1v) is 7.35. The van der Waals surface area contributed by atoms with Crippen LogP contribution in [0.25, 0.3) is 22.0 Å². The number of nitrogen functional groups attached to an aromatic ring is 1. The largest absolute Gasteiger partial charge is 0.384 e. The number of fused-ring (bicyclic) bond motifs is 1. The average molecular weight is 295 g/mol. The first-order chi connectivity index (χ1) is 10.6. The summed E-state index contributed by atoms with van der Waals surface area (Å²) in [6.45, 7) is 4.21. The molecule has 0 spiro atoms. The van der Waals surface area contributed by atoms with Gasteiger partial charge in [-0.3, -0.25) is 4.98 Å². The molecule has 112 valence electrons. The van der Waals surface area contributed by atoms with Crippen LogP contribution in [0.15, 0.2) is 42.6 Å². The molecule has 2 N–H and O–H groups in total. The second-order valence-electron chi connectivity index (χ2n) is 5.83. The monoisotopic (exact) mass is 295 g/mol. The van der Waals surface area contributed by atoms with E-state index in [2.05, 4.69) is 23.8 Å². The number of anilines is 1. The molecule has 4 heteroatoms. The molecule has 0 aliphatic carbocycles. The van der Waals surface area contributed by atoms with Gasteiger partial charge in [0, 0.05) is 22.7 Å². The van der Waals surface area contributed by atoms with Crippen LogP contribution < -0.4 is 5.73 Å². The van der Waals surface area contributed by atoms with Crippen LogP contribution in [0, 0.1) is 11.7 Å². The quantitative estimate of drug-likeness (QED) is 0.787. The summed E-state index contributed by atoms with van der Waals surface area (Å²) in [5.74, 6) is 0.565. The Morgan fingerprint density at radius 2 is 1.95 bits per heavy atom. The van der Waals surface area contributed by atoms with E-state index < -0.39 is 0 Å². The number of halogens is 1. The maximum atomic E-state index is 14.5. The highest BCUT2D eigenvalue weighted by Gasteiger charge is 2.16. The van der Waals surface area contributed by atoms with Crippen LogP contribution in [-0.2, 0) is 6.42 Å². The molecule has 0 unspecified atom stereocenters. The van der Waals surface area contributed by atoms with Crippen molar-refractivity contribution >= 4 is 16.7 Å². The van der Waals surface area contributed by atoms with Crippen LogP contribution in [0.4, 0.5) is 10.2 Å². The van der Waals surface area contributed by atoms with E-state index >= 15 is 0 Å². The molecule has 0 saturated heterocycles. The van der Waals surface area contributed by atoms with Crippen molar-refractivity contribution in [2.24, 2.45) is 5.92 Å². The van der Waals surface area contributed by atoms with Gasteiger partial charge in [-0.2, -0.15) is 0 Å². The third kappa shape index (κ3) is 2.64. The van der Waals surface area contributed by atoms with Crippen LogP contribution >= 0.6 is 0 Å². The van der Waals surface area contributed by atoms with Crippen LogP contribution in [0.1, 0.15) is 19.5 Å². The van der Waals surface area contributed by atoms with E-state index in [1.165, 1.54) is 6.07 Å². The lowest BCUT2D eigenvalue weighted by Gasteiger charge is -2.14. The standard InChI is InChI=1S/C18H18FN3/c1-11(2)10-15-13(6-8-16(20)22-15)17-14(19)7-5-12-4-3-9-21-18(12)17/h3-9,11H,10H2,1-2H3,(H2,20,22). The van der Waals surface area contributed by atoms with Crippen molar-refractivity contribution in [3.63, 3.8) is 0 Å². The molecule has 0 atom stereocenters. The number of aromatic nitrogens is 2. The summed E-state index contributed by atoms with van der Waals surface area (Å²) in [4.78, 5) is 8.78. The second-order valence-corrected chi connectivity index (χ2v) is 5.83. The summed E-state index contributed by atoms with van der Waals surface area (Å²) in [6.07, 6.45) is 2.42. The zero-order valence-electron chi connectivity index (χ0n) is 12.7. The van der Waals surface area contributed by atoms with E-state index in [1.807, 2.05) is 18.2 Å². The Bertz CT molecular complexity index is 828. The van der Waals surface area contributed by atoms with E-state index in [1.54, 1.807) is 18.3 Å². The van der Waals surface area contributed by atoms with Gasteiger partial charge in [0.05, 0.1) is 11.2 Å². The van der Waals surface area contributed by atoms with Gasteiger partial charge < -0.3 is 5.73 Å². The maximum absolute atomic E-state index is 14.5. The van der Waals surface area contributed by atoms with Gasteiger partial charge in [0.15, 0.2) is 0 Å². The molecule has 2 aromatic heterocycles. The Hall–Kier alpha value is -2.49. The number of nitrogens with zero attached hydrogens (tertiary/aromatic N) is 2. The predicted octanol–water partition coefficient (Wildman–Crippen LogP) is 4.22. The minimum absolute atomic E-state index is 0.289. The van der Waals surface area contributed by atoms with Crippen molar-refractivity contribution in [2.75, 3.05) is 5.73 Å². The number of benzene rings is 1. The van der Waals surface area contributed by atoms with Crippen molar-refractivity contribution in [2.45, 2.75) is 20.3 Å². The van der Waals surface area contributed by atoms with Crippen LogP contribution in [0.5, 0.6) is 0 Å². The Balaban J connectivity index is 2.30. The Labute approximate surface area is 129 Å². The molecule has 1 aromatic carbocycles. The van der Waals surface area contributed by atoms with Crippen LogP contribution in [0.2, 0.25) is 0 Å². The van der Waals surface area contributed by atoms with Crippen LogP contribution in [0.3, 0.4) is 0 Å². The Morgan fingerprint density at radius 3 is 2.73 bits per heavy atom. The normalized spacial score (nSPS) is 11.3. The Kier molecular flexibility index (Phi) is 3.75. The highest BCUT2D eigenvalue weighted by atomic mass is 19.1. The van der Waals surface area contributed by atoms with Crippen LogP contribution in [-0.4, -0.2) is 9.97 Å². The number of nitrogens with two attached hydrogens (primary N) is 1. The third-order valence-corrected chi connectivity index (χ3v) is 3.59. The first kappa shape index (κ1) is 14.4. The smallest absolute Gasteiger partial charge is 0.133 e. The Morgan fingerprint density at radius 1 is 1.14 bits per heavy atom. The SMILES string of the molecule is CC(C)Cc1nc(N)ccc1-c1c(F)ccc2cccnc12. The van der Waals surface area contributed by atoms with Gasteiger partial charge in [0.2, 0.25) is 0 Å². The summed E-state index contributed by atoms with van der Waals surface area (Å²) in [5.41, 5.74) is 8.54. The summed E-state index contributed by atoms with van der Waals surface area (Å²) in [6, 6.07) is 10.5. The van der Waals surface area contributed by atoms with E-state index in [4.69, 9.17) is 5.73 Å². The molecule has 3 rings (SSSR count). The fourth-order valence-corrected chi connectivity index (χ4v) is 2.66. The third-order valence-electron chi connectivity index (χ3n) is 3.59. The molecule has 0 aliphatic heterocycles. The molecule has 2 heterocycles. The van der Waals surface area contributed by atoms with E-state index in [9.17, 15) is 4.39 Å². The van der Waals surface area contributed by atoms with Crippen molar-refractivity contribution in [1.82, 2.24) is 9.97 Å². The van der Waals surface area contributed by atoms with Gasteiger partial charge >= 0.3 is 0 Å². The van der Waals surface area contributed by atoms with Crippen molar-refractivity contribution < 1.29 is 4.39 Å². The minimum Gasteiger partial charge on any atom is -0.384 e. The lowest BCUT2D eigenvalue weighted by molar-refractivity contribution is 0.626. The van der Waals surface area contributed by atoms with Gasteiger partial charge in [0.1, 0.15) is 11.6 Å². The fraction of sp³-hybridized carbons (Fsp3) is 0.222. The van der Waals surface area contributed by atoms with Crippen molar-refractivity contribution in [3.05, 3.63) is 54.1 Å². The predicted molar refractivity (Wildman–Crippen MR) is 87.9 cm³/mol. The second kappa shape index (κ2) is 5.72. The molecular formula is C18H18FN3. The van der Waals surface area contributed by atoms with Gasteiger partial charge in [-0.15, -0.1) is 0 Å². The summed E-state index contributed by atoms with van der Waals surface area (Å²) < 4.78 is 14.5. The molecule has 0 fully saturated rings. The highest BCUT2D eigenvalue weighted by Crippen LogP contribution is 2.33. The average Bonchev–Trinajstić information content (AvgIpc) is 2.48. The zero-order chi connectivity index (χ0) is 15.7. The highest BCUT2D eigenvalue weighted by molar-refractivity contribution is 5.94.